The number of alkyl halides is 3. The second kappa shape index (κ2) is 10.8. The van der Waals surface area contributed by atoms with E-state index in [9.17, 15) is 36.3 Å². The largest absolute Gasteiger partial charge is 0.396 e. The molecule has 0 bridgehead atoms. The molecule has 0 fully saturated rings. The molecule has 0 aliphatic carbocycles. The van der Waals surface area contributed by atoms with Crippen LogP contribution in [0.3, 0.4) is 0 Å². The van der Waals surface area contributed by atoms with Crippen LogP contribution in [-0.2, 0) is 17.9 Å². The molecule has 0 radical (unpaired) electrons. The Morgan fingerprint density at radius 1 is 1.19 bits per heavy atom. The van der Waals surface area contributed by atoms with E-state index in [-0.39, 0.29) is 23.1 Å². The first kappa shape index (κ1) is 26.7. The number of hydrogen-bond donors (Lipinski definition) is 1. The smallest absolute Gasteiger partial charge is 0.352 e. The van der Waals surface area contributed by atoms with Crippen molar-refractivity contribution in [3.63, 3.8) is 0 Å². The maximum atomic E-state index is 14.1. The van der Waals surface area contributed by atoms with Gasteiger partial charge in [-0.05, 0) is 30.5 Å². The van der Waals surface area contributed by atoms with E-state index in [2.05, 4.69) is 21.9 Å². The van der Waals surface area contributed by atoms with Gasteiger partial charge in [-0.3, -0.25) is 9.36 Å². The van der Waals surface area contributed by atoms with E-state index >= 15 is 0 Å². The van der Waals surface area contributed by atoms with Gasteiger partial charge in [0.25, 0.3) is 0 Å². The molecular formula is C23H22F5N5O3. The maximum absolute atomic E-state index is 14.1. The summed E-state index contributed by atoms with van der Waals surface area (Å²) in [4.78, 5) is 45.2. The van der Waals surface area contributed by atoms with Gasteiger partial charge in [0.15, 0.2) is 11.6 Å². The number of carbonyl (C=O) groups excluding carboxylic acids is 1. The van der Waals surface area contributed by atoms with Crippen LogP contribution in [0, 0.1) is 17.6 Å². The highest BCUT2D eigenvalue weighted by molar-refractivity contribution is 5.94. The molecule has 1 N–H and O–H groups in total. The highest BCUT2D eigenvalue weighted by Crippen LogP contribution is 2.27. The quantitative estimate of drug-likeness (QED) is 0.435. The standard InChI is InChI=1S/C23H22F5N5O3/c1-3-14-8-13(9-17(24)18(14)25)11-32-20(30-10-16(4-2)23(26,27)28)31-21(35)33(22(32)36)12-15-6-5-7-29-19(15)34/h3,6,8-10,16H,1,4-5,7,11-12H2,2H3,(H,29,34)/b30-10-. The van der Waals surface area contributed by atoms with Crippen molar-refractivity contribution in [2.75, 3.05) is 6.54 Å². The molecule has 13 heteroatoms. The van der Waals surface area contributed by atoms with Gasteiger partial charge >= 0.3 is 17.6 Å². The summed E-state index contributed by atoms with van der Waals surface area (Å²) in [6, 6.07) is 1.97. The fourth-order valence-corrected chi connectivity index (χ4v) is 3.51. The van der Waals surface area contributed by atoms with Gasteiger partial charge in [-0.1, -0.05) is 25.7 Å². The third-order valence-electron chi connectivity index (χ3n) is 5.48. The monoisotopic (exact) mass is 511 g/mol. The summed E-state index contributed by atoms with van der Waals surface area (Å²) in [5.41, 5.74) is -2.25. The first-order chi connectivity index (χ1) is 17.0. The number of aliphatic imine (C=N–C) groups is 1. The summed E-state index contributed by atoms with van der Waals surface area (Å²) in [7, 11) is 0. The third-order valence-corrected chi connectivity index (χ3v) is 5.48. The molecule has 1 aromatic heterocycles. The van der Waals surface area contributed by atoms with Crippen LogP contribution in [0.25, 0.3) is 6.08 Å². The van der Waals surface area contributed by atoms with Gasteiger partial charge in [-0.2, -0.15) is 18.2 Å². The lowest BCUT2D eigenvalue weighted by molar-refractivity contribution is -0.154. The minimum atomic E-state index is -4.63. The normalized spacial score (nSPS) is 15.1. The minimum Gasteiger partial charge on any atom is -0.352 e. The Morgan fingerprint density at radius 3 is 2.53 bits per heavy atom. The van der Waals surface area contributed by atoms with Crippen LogP contribution in [0.2, 0.25) is 0 Å². The fraction of sp³-hybridized carbons (Fsp3) is 0.348. The summed E-state index contributed by atoms with van der Waals surface area (Å²) in [5.74, 6) is -5.54. The SMILES string of the molecule is C=Cc1cc(Cn2c(/N=C\C(CC)C(F)(F)F)nc(=O)n(CC3=CCCNC3=O)c2=O)cc(F)c1F. The van der Waals surface area contributed by atoms with Crippen molar-refractivity contribution in [3.8, 4) is 0 Å². The number of nitrogens with zero attached hydrogens (tertiary/aromatic N) is 4. The van der Waals surface area contributed by atoms with Crippen molar-refractivity contribution < 1.29 is 26.7 Å². The Kier molecular flexibility index (Phi) is 8.00. The predicted molar refractivity (Wildman–Crippen MR) is 122 cm³/mol. The molecule has 192 valence electrons. The van der Waals surface area contributed by atoms with Crippen LogP contribution in [0.15, 0.2) is 44.9 Å². The van der Waals surface area contributed by atoms with E-state index in [0.29, 0.717) is 23.7 Å². The van der Waals surface area contributed by atoms with Gasteiger partial charge in [0, 0.05) is 23.9 Å². The van der Waals surface area contributed by atoms with E-state index in [4.69, 9.17) is 0 Å². The molecule has 2 aromatic rings. The van der Waals surface area contributed by atoms with Crippen LogP contribution in [-0.4, -0.2) is 39.0 Å². The molecule has 0 spiro atoms. The maximum Gasteiger partial charge on any atom is 0.396 e. The molecule has 1 aromatic carbocycles. The summed E-state index contributed by atoms with van der Waals surface area (Å²) >= 11 is 0. The molecule has 1 aliphatic heterocycles. The van der Waals surface area contributed by atoms with Gasteiger partial charge in [0.05, 0.1) is 19.0 Å². The zero-order valence-corrected chi connectivity index (χ0v) is 19.1. The molecule has 1 amide bonds. The van der Waals surface area contributed by atoms with Crippen molar-refractivity contribution in [3.05, 3.63) is 74.1 Å². The van der Waals surface area contributed by atoms with Crippen molar-refractivity contribution in [2.24, 2.45) is 10.9 Å². The molecule has 1 unspecified atom stereocenters. The number of benzene rings is 1. The van der Waals surface area contributed by atoms with E-state index in [1.807, 2.05) is 0 Å². The van der Waals surface area contributed by atoms with Gasteiger partial charge in [0.2, 0.25) is 11.9 Å². The lowest BCUT2D eigenvalue weighted by Gasteiger charge is -2.17. The van der Waals surface area contributed by atoms with Crippen LogP contribution >= 0.6 is 0 Å². The van der Waals surface area contributed by atoms with E-state index in [0.717, 1.165) is 16.7 Å². The van der Waals surface area contributed by atoms with Gasteiger partial charge in [-0.25, -0.2) is 27.9 Å². The van der Waals surface area contributed by atoms with Gasteiger partial charge < -0.3 is 5.32 Å². The lowest BCUT2D eigenvalue weighted by atomic mass is 10.1. The topological polar surface area (TPSA) is 98.3 Å². The Morgan fingerprint density at radius 2 is 1.92 bits per heavy atom. The molecular weight excluding hydrogens is 489 g/mol. The Hall–Kier alpha value is -3.90. The summed E-state index contributed by atoms with van der Waals surface area (Å²) < 4.78 is 68.9. The first-order valence-electron chi connectivity index (χ1n) is 10.9. The fourth-order valence-electron chi connectivity index (χ4n) is 3.51. The lowest BCUT2D eigenvalue weighted by Crippen LogP contribution is -2.43. The molecule has 1 aliphatic rings. The van der Waals surface area contributed by atoms with E-state index in [1.165, 1.54) is 13.0 Å². The van der Waals surface area contributed by atoms with Crippen molar-refractivity contribution in [2.45, 2.75) is 39.0 Å². The summed E-state index contributed by atoms with van der Waals surface area (Å²) in [6.07, 6.45) is -1.40. The molecule has 36 heavy (non-hydrogen) atoms. The molecule has 3 rings (SSSR count). The average molecular weight is 511 g/mol. The van der Waals surface area contributed by atoms with Gasteiger partial charge in [-0.15, -0.1) is 0 Å². The second-order valence-corrected chi connectivity index (χ2v) is 7.94. The van der Waals surface area contributed by atoms with Crippen LogP contribution in [0.1, 0.15) is 30.9 Å². The summed E-state index contributed by atoms with van der Waals surface area (Å²) in [5, 5.41) is 2.57. The highest BCUT2D eigenvalue weighted by Gasteiger charge is 2.37. The molecule has 1 atom stereocenters. The molecule has 8 nitrogen and oxygen atoms in total. The minimum absolute atomic E-state index is 0.0341. The average Bonchev–Trinajstić information content (AvgIpc) is 2.81. The molecule has 0 saturated heterocycles. The first-order valence-corrected chi connectivity index (χ1v) is 10.9. The van der Waals surface area contributed by atoms with Crippen molar-refractivity contribution in [1.82, 2.24) is 19.4 Å². The van der Waals surface area contributed by atoms with Crippen LogP contribution in [0.4, 0.5) is 27.9 Å². The Labute approximate surface area is 201 Å². The van der Waals surface area contributed by atoms with Crippen molar-refractivity contribution in [1.29, 1.82) is 0 Å². The van der Waals surface area contributed by atoms with E-state index in [1.54, 1.807) is 6.08 Å². The number of amides is 1. The number of halogens is 5. The van der Waals surface area contributed by atoms with Gasteiger partial charge in [0.1, 0.15) is 0 Å². The number of aromatic nitrogens is 3. The van der Waals surface area contributed by atoms with E-state index < -0.39 is 60.1 Å². The number of carbonyl (C=O) groups is 1. The second-order valence-electron chi connectivity index (χ2n) is 7.94. The van der Waals surface area contributed by atoms with Crippen LogP contribution < -0.4 is 16.7 Å². The van der Waals surface area contributed by atoms with Crippen LogP contribution in [0.5, 0.6) is 0 Å². The number of rotatable bonds is 8. The molecule has 0 saturated carbocycles. The zero-order valence-electron chi connectivity index (χ0n) is 19.1. The number of hydrogen-bond acceptors (Lipinski definition) is 5. The number of nitrogens with one attached hydrogen (secondary N) is 1. The third kappa shape index (κ3) is 5.83. The molecule has 2 heterocycles. The highest BCUT2D eigenvalue weighted by atomic mass is 19.4. The Balaban J connectivity index is 2.15. The Bertz CT molecular complexity index is 1360. The zero-order chi connectivity index (χ0) is 26.6. The summed E-state index contributed by atoms with van der Waals surface area (Å²) in [6.45, 7) is 4.09. The van der Waals surface area contributed by atoms with Crippen molar-refractivity contribution >= 4 is 24.1 Å². The predicted octanol–water partition coefficient (Wildman–Crippen LogP) is 3.11.